The lowest BCUT2D eigenvalue weighted by molar-refractivity contribution is -0.133. The highest BCUT2D eigenvalue weighted by Gasteiger charge is 2.50. The molecule has 2 aromatic rings. The summed E-state index contributed by atoms with van der Waals surface area (Å²) in [4.78, 5) is 141. The summed E-state index contributed by atoms with van der Waals surface area (Å²) < 4.78 is 0. The fourth-order valence-corrected chi connectivity index (χ4v) is 16.9. The van der Waals surface area contributed by atoms with E-state index in [2.05, 4.69) is 82.3 Å². The van der Waals surface area contributed by atoms with Gasteiger partial charge in [0.05, 0.1) is 50.4 Å². The molecule has 23 nitrogen and oxygen atoms in total. The number of nitrogens with zero attached hydrogens (tertiary/aromatic N) is 13. The van der Waals surface area contributed by atoms with Gasteiger partial charge in [0.1, 0.15) is 57.6 Å². The highest BCUT2D eigenvalue weighted by atomic mass is 16.2. The lowest BCUT2D eigenvalue weighted by atomic mass is 9.73. The van der Waals surface area contributed by atoms with Gasteiger partial charge in [0.15, 0.2) is 5.78 Å². The normalized spacial score (nSPS) is 19.9. The zero-order valence-corrected chi connectivity index (χ0v) is 82.5. The van der Waals surface area contributed by atoms with Gasteiger partial charge in [-0.15, -0.1) is 0 Å². The molecule has 3 aliphatic heterocycles. The third-order valence-electron chi connectivity index (χ3n) is 28.7. The third kappa shape index (κ3) is 32.3. The quantitative estimate of drug-likeness (QED) is 0.0955. The molecule has 119 heavy (non-hydrogen) atoms. The smallest absolute Gasteiger partial charge is 0.154 e. The minimum absolute atomic E-state index is 0.0556. The Labute approximate surface area is 726 Å². The van der Waals surface area contributed by atoms with Crippen molar-refractivity contribution in [2.24, 2.45) is 0 Å². The zero-order chi connectivity index (χ0) is 92.4. The first-order chi connectivity index (χ1) is 54.9. The van der Waals surface area contributed by atoms with E-state index in [0.717, 1.165) is 148 Å². The Hall–Kier alpha value is -5.38. The van der Waals surface area contributed by atoms with Crippen LogP contribution < -0.4 is 0 Å². The molecule has 23 heteroatoms. The third-order valence-corrected chi connectivity index (χ3v) is 28.7. The SMILES string of the molecule is CC(=O)C(C)(C)N(C)C.CC(=O)C(C)(c1ccccc1)N(C)C.CC(=O)C(C)N(C)C.CC(=O)C1(N(C)C)CC1.CC(=O)C1(N(C)C)CCC1.CC(=O)C1(N(C)C)CCCC1.CC(=O)C1(N(C)C)CCCCC1.CC(=O)C1(N(C)C)CCN(C)CC1.CC(=O)C1(N(C)C)CCN(Cc2ccccc2)CC1.CCN1CCC(C(C)=O)(N(C)C)CC1. The second-order valence-corrected chi connectivity index (χ2v) is 37.6. The number of rotatable bonds is 24. The average Bonchev–Trinajstić information content (AvgIpc) is 1.66. The Morgan fingerprint density at radius 3 is 0.782 bits per heavy atom. The number of hydrogen-bond donors (Lipinski definition) is 0. The van der Waals surface area contributed by atoms with Gasteiger partial charge in [-0.25, -0.2) is 0 Å². The first-order valence-electron chi connectivity index (χ1n) is 43.9. The average molecular weight is 1670 g/mol. The second-order valence-electron chi connectivity index (χ2n) is 37.6. The van der Waals surface area contributed by atoms with Crippen molar-refractivity contribution in [3.05, 3.63) is 71.8 Å². The van der Waals surface area contributed by atoms with Gasteiger partial charge in [-0.3, -0.25) is 102 Å². The highest BCUT2D eigenvalue weighted by molar-refractivity contribution is 5.91. The van der Waals surface area contributed by atoms with Gasteiger partial charge >= 0.3 is 0 Å². The van der Waals surface area contributed by atoms with Crippen molar-refractivity contribution in [2.75, 3.05) is 194 Å². The van der Waals surface area contributed by atoms with Gasteiger partial charge < -0.3 is 9.80 Å². The summed E-state index contributed by atoms with van der Waals surface area (Å²) in [6, 6.07) is 20.5. The van der Waals surface area contributed by atoms with Crippen LogP contribution in [0.15, 0.2) is 60.7 Å². The number of carbonyl (C=O) groups is 10. The van der Waals surface area contributed by atoms with Crippen LogP contribution in [0.2, 0.25) is 0 Å². The molecule has 2 unspecified atom stereocenters. The first kappa shape index (κ1) is 114. The zero-order valence-electron chi connectivity index (χ0n) is 82.5. The predicted molar refractivity (Wildman–Crippen MR) is 494 cm³/mol. The van der Waals surface area contributed by atoms with E-state index in [9.17, 15) is 47.9 Å². The molecule has 2 aromatic carbocycles. The van der Waals surface area contributed by atoms with Crippen LogP contribution in [0.25, 0.3) is 0 Å². The molecule has 9 rings (SSSR count). The van der Waals surface area contributed by atoms with Crippen molar-refractivity contribution in [3.8, 4) is 0 Å². The van der Waals surface area contributed by atoms with E-state index in [1.165, 1.54) is 44.1 Å². The molecule has 3 saturated heterocycles. The molecule has 0 radical (unpaired) electrons. The maximum Gasteiger partial charge on any atom is 0.154 e. The lowest BCUT2D eigenvalue weighted by Crippen LogP contribution is -2.56. The number of ketones is 10. The van der Waals surface area contributed by atoms with Crippen LogP contribution in [0.1, 0.15) is 243 Å². The van der Waals surface area contributed by atoms with E-state index in [-0.39, 0.29) is 67.7 Å². The van der Waals surface area contributed by atoms with Gasteiger partial charge in [-0.05, 0) is 359 Å². The molecule has 684 valence electrons. The molecule has 3 heterocycles. The number of carbonyl (C=O) groups excluding carboxylic acids is 10. The van der Waals surface area contributed by atoms with Crippen LogP contribution in [-0.2, 0) is 60.0 Å². The maximum absolute atomic E-state index is 12.0. The van der Waals surface area contributed by atoms with Crippen molar-refractivity contribution in [3.63, 3.8) is 0 Å². The Kier molecular flexibility index (Phi) is 49.4. The number of likely N-dealkylation sites (tertiary alicyclic amines) is 3. The second kappa shape index (κ2) is 51.8. The lowest BCUT2D eigenvalue weighted by Gasteiger charge is -2.45. The largest absolute Gasteiger partial charge is 0.306 e. The van der Waals surface area contributed by atoms with E-state index in [4.69, 9.17) is 0 Å². The van der Waals surface area contributed by atoms with Crippen molar-refractivity contribution < 1.29 is 47.9 Å². The molecular formula is C96H175N13O10. The summed E-state index contributed by atoms with van der Waals surface area (Å²) in [7, 11) is 41.6. The minimum atomic E-state index is -0.513. The standard InChI is InChI=1S/C16H24N2O.C12H17NO.C11H22N2O.C10H20N2O.C10H19NO.C9H17NO.C8H15NO.C7H13NO.C7H15NO.C6H13NO/c1-14(19)16(17(2)3)9-11-18(12-10-16)13-15-7-5-4-6-8-15;1-10(14)12(2,13(3)4)11-8-6-5-7-9-11;1-5-13-8-6-11(7-9-13,10(2)14)12(3)4;1-9(13)10(11(2)3)5-7-12(4)8-6-10;1-9(12)10(11(2)3)7-5-4-6-8-10;1-8(11)9(10(2)3)6-4-5-7-9;1-7(10)8(9(2)3)5-4-6-8;1-6(9)7(4-5-7)8(2)3;1-6(9)7(2,3)8(4)5;1-5(6(2)8)7(3)4/h4-8H,9-13H2,1-3H3;5-9H,1-4H3;5-9H2,1-4H3;5-8H2,1-4H3;4-8H2,1-3H3;4-7H2,1-3H3;4-6H2,1-3H3;4-5H2,1-3H3;1-5H3;5H,1-4H3. The van der Waals surface area contributed by atoms with Crippen LogP contribution in [0.5, 0.6) is 0 Å². The summed E-state index contributed by atoms with van der Waals surface area (Å²) in [5.41, 5.74) is 0.574. The van der Waals surface area contributed by atoms with E-state index in [0.29, 0.717) is 40.5 Å². The summed E-state index contributed by atoms with van der Waals surface area (Å²) in [6.07, 6.45) is 21.5. The number of benzene rings is 2. The molecule has 4 saturated carbocycles. The van der Waals surface area contributed by atoms with Crippen LogP contribution in [0.4, 0.5) is 0 Å². The van der Waals surface area contributed by atoms with Crippen LogP contribution >= 0.6 is 0 Å². The van der Waals surface area contributed by atoms with Crippen molar-refractivity contribution >= 4 is 57.8 Å². The molecule has 0 amide bonds. The van der Waals surface area contributed by atoms with Gasteiger partial charge in [0, 0.05) is 45.8 Å². The summed E-state index contributed by atoms with van der Waals surface area (Å²) >= 11 is 0. The molecule has 0 bridgehead atoms. The van der Waals surface area contributed by atoms with Gasteiger partial charge in [0.2, 0.25) is 0 Å². The molecule has 7 fully saturated rings. The van der Waals surface area contributed by atoms with E-state index < -0.39 is 5.54 Å². The van der Waals surface area contributed by atoms with Gasteiger partial charge in [-0.1, -0.05) is 99.7 Å². The Balaban J connectivity index is 0.00000131. The molecule has 7 aliphatic rings. The van der Waals surface area contributed by atoms with Crippen molar-refractivity contribution in [1.82, 2.24) is 63.7 Å². The van der Waals surface area contributed by atoms with E-state index in [1.54, 1.807) is 69.2 Å². The minimum Gasteiger partial charge on any atom is -0.306 e. The molecular weight excluding hydrogens is 1500 g/mol. The van der Waals surface area contributed by atoms with Gasteiger partial charge in [0.25, 0.3) is 0 Å². The Bertz CT molecular complexity index is 3360. The molecule has 2 atom stereocenters. The number of likely N-dealkylation sites (N-methyl/N-ethyl adjacent to an activating group) is 10. The predicted octanol–water partition coefficient (Wildman–Crippen LogP) is 12.3. The summed E-state index contributed by atoms with van der Waals surface area (Å²) in [6.45, 7) is 34.9. The fourth-order valence-electron chi connectivity index (χ4n) is 16.9. The van der Waals surface area contributed by atoms with Crippen LogP contribution in [-0.4, -0.2) is 366 Å². The molecule has 4 aliphatic carbocycles. The topological polar surface area (TPSA) is 213 Å². The van der Waals surface area contributed by atoms with Crippen molar-refractivity contribution in [2.45, 2.75) is 295 Å². The Morgan fingerprint density at radius 2 is 0.597 bits per heavy atom. The van der Waals surface area contributed by atoms with E-state index >= 15 is 0 Å². The molecule has 0 spiro atoms. The van der Waals surface area contributed by atoms with Crippen molar-refractivity contribution in [1.29, 1.82) is 0 Å². The summed E-state index contributed by atoms with van der Waals surface area (Å²) in [5, 5.41) is 0. The number of piperidine rings is 3. The molecule has 0 aromatic heterocycles. The fraction of sp³-hybridized carbons (Fsp3) is 0.771. The first-order valence-corrected chi connectivity index (χ1v) is 43.9. The molecule has 0 N–H and O–H groups in total. The van der Waals surface area contributed by atoms with Gasteiger partial charge in [-0.2, -0.15) is 0 Å². The van der Waals surface area contributed by atoms with Crippen LogP contribution in [0, 0.1) is 0 Å². The highest BCUT2D eigenvalue weighted by Crippen LogP contribution is 2.41. The Morgan fingerprint density at radius 1 is 0.336 bits per heavy atom. The van der Waals surface area contributed by atoms with Crippen LogP contribution in [0.3, 0.4) is 0 Å². The monoisotopic (exact) mass is 1670 g/mol. The van der Waals surface area contributed by atoms with E-state index in [1.807, 2.05) is 225 Å². The number of hydrogen-bond acceptors (Lipinski definition) is 23. The maximum atomic E-state index is 12.0. The number of Topliss-reactive ketones (excluding diaryl/α,β-unsaturated/α-hetero) is 10. The summed E-state index contributed by atoms with van der Waals surface area (Å²) in [5.74, 6) is 2.82.